The largest absolute Gasteiger partial charge is 0.487 e. The van der Waals surface area contributed by atoms with E-state index in [0.29, 0.717) is 16.4 Å². The predicted molar refractivity (Wildman–Crippen MR) is 106 cm³/mol. The van der Waals surface area contributed by atoms with Crippen molar-refractivity contribution in [3.63, 3.8) is 0 Å². The molecule has 0 bridgehead atoms. The molecule has 0 unspecified atom stereocenters. The molecule has 10 heteroatoms. The number of aryl methyl sites for hydroxylation is 1. The maximum absolute atomic E-state index is 13.0. The standard InChI is InChI=1S/C19H19FN2O5S2/c1-11-18(16-7-12(16)9-27-29(2,24)25)22-17(23)8-14(21-19(22)28-11)10-26-15-5-3-13(20)4-6-15/h3-6,8,12,16H,7,9-10H2,1-2H3/t12-,16+/m0/s1. The molecule has 3 aromatic rings. The van der Waals surface area contributed by atoms with Gasteiger partial charge in [0.1, 0.15) is 18.2 Å². The second-order valence-corrected chi connectivity index (χ2v) is 9.91. The van der Waals surface area contributed by atoms with Gasteiger partial charge in [-0.2, -0.15) is 8.42 Å². The van der Waals surface area contributed by atoms with Gasteiger partial charge in [0.2, 0.25) is 0 Å². The summed E-state index contributed by atoms with van der Waals surface area (Å²) in [6, 6.07) is 7.06. The van der Waals surface area contributed by atoms with E-state index in [1.165, 1.54) is 41.7 Å². The van der Waals surface area contributed by atoms with Crippen molar-refractivity contribution >= 4 is 26.4 Å². The molecule has 4 rings (SSSR count). The Kier molecular flexibility index (Phi) is 5.18. The van der Waals surface area contributed by atoms with Crippen LogP contribution in [0.5, 0.6) is 5.75 Å². The van der Waals surface area contributed by atoms with Crippen molar-refractivity contribution in [1.29, 1.82) is 0 Å². The summed E-state index contributed by atoms with van der Waals surface area (Å²) in [6.45, 7) is 2.14. The molecule has 0 N–H and O–H groups in total. The highest BCUT2D eigenvalue weighted by atomic mass is 32.2. The SMILES string of the molecule is Cc1sc2nc(COc3ccc(F)cc3)cc(=O)n2c1[C@@H]1C[C@H]1COS(C)(=O)=O. The molecule has 7 nitrogen and oxygen atoms in total. The molecule has 2 heterocycles. The Bertz CT molecular complexity index is 1220. The summed E-state index contributed by atoms with van der Waals surface area (Å²) in [5.74, 6) is 0.279. The lowest BCUT2D eigenvalue weighted by Gasteiger charge is -2.07. The molecular formula is C19H19FN2O5S2. The summed E-state index contributed by atoms with van der Waals surface area (Å²) in [4.78, 5) is 18.8. The molecule has 1 fully saturated rings. The van der Waals surface area contributed by atoms with Crippen LogP contribution in [-0.4, -0.2) is 30.7 Å². The number of fused-ring (bicyclic) bond motifs is 1. The van der Waals surface area contributed by atoms with Gasteiger partial charge in [-0.15, -0.1) is 11.3 Å². The van der Waals surface area contributed by atoms with E-state index in [1.807, 2.05) is 6.92 Å². The van der Waals surface area contributed by atoms with Gasteiger partial charge in [0.05, 0.1) is 18.6 Å². The third-order valence-electron chi connectivity index (χ3n) is 4.76. The zero-order valence-electron chi connectivity index (χ0n) is 15.8. The summed E-state index contributed by atoms with van der Waals surface area (Å²) in [5.41, 5.74) is 1.15. The lowest BCUT2D eigenvalue weighted by molar-refractivity contribution is 0.301. The van der Waals surface area contributed by atoms with Gasteiger partial charge >= 0.3 is 0 Å². The fraction of sp³-hybridized carbons (Fsp3) is 0.368. The van der Waals surface area contributed by atoms with E-state index in [4.69, 9.17) is 8.92 Å². The van der Waals surface area contributed by atoms with Gasteiger partial charge in [-0.25, -0.2) is 9.37 Å². The first-order valence-electron chi connectivity index (χ1n) is 8.96. The third kappa shape index (κ3) is 4.49. The number of hydrogen-bond acceptors (Lipinski definition) is 7. The second kappa shape index (κ2) is 7.51. The molecule has 1 saturated carbocycles. The second-order valence-electron chi connectivity index (χ2n) is 7.08. The van der Waals surface area contributed by atoms with Crippen LogP contribution in [0.3, 0.4) is 0 Å². The molecule has 1 aromatic carbocycles. The summed E-state index contributed by atoms with van der Waals surface area (Å²) in [6.07, 6.45) is 1.80. The van der Waals surface area contributed by atoms with Crippen LogP contribution in [0.2, 0.25) is 0 Å². The van der Waals surface area contributed by atoms with Gasteiger partial charge in [-0.05, 0) is 43.5 Å². The van der Waals surface area contributed by atoms with Crippen molar-refractivity contribution in [2.75, 3.05) is 12.9 Å². The molecule has 29 heavy (non-hydrogen) atoms. The van der Waals surface area contributed by atoms with Crippen molar-refractivity contribution in [2.45, 2.75) is 25.9 Å². The lowest BCUT2D eigenvalue weighted by atomic mass is 10.2. The first-order valence-corrected chi connectivity index (χ1v) is 11.6. The number of aromatic nitrogens is 2. The van der Waals surface area contributed by atoms with E-state index in [1.54, 1.807) is 4.40 Å². The number of nitrogens with zero attached hydrogens (tertiary/aromatic N) is 2. The highest BCUT2D eigenvalue weighted by Gasteiger charge is 2.42. The van der Waals surface area contributed by atoms with E-state index in [9.17, 15) is 17.6 Å². The minimum absolute atomic E-state index is 0.0645. The lowest BCUT2D eigenvalue weighted by Crippen LogP contribution is -2.17. The number of ether oxygens (including phenoxy) is 1. The number of rotatable bonds is 7. The summed E-state index contributed by atoms with van der Waals surface area (Å²) in [5, 5.41) is 0. The number of benzene rings is 1. The van der Waals surface area contributed by atoms with E-state index < -0.39 is 10.1 Å². The van der Waals surface area contributed by atoms with E-state index in [2.05, 4.69) is 4.98 Å². The molecule has 0 spiro atoms. The third-order valence-corrected chi connectivity index (χ3v) is 6.29. The van der Waals surface area contributed by atoms with Gasteiger partial charge in [-0.3, -0.25) is 13.4 Å². The maximum Gasteiger partial charge on any atom is 0.264 e. The van der Waals surface area contributed by atoms with E-state index in [-0.39, 0.29) is 36.4 Å². The highest BCUT2D eigenvalue weighted by Crippen LogP contribution is 2.49. The van der Waals surface area contributed by atoms with Crippen LogP contribution in [0.15, 0.2) is 35.1 Å². The van der Waals surface area contributed by atoms with Crippen LogP contribution < -0.4 is 10.3 Å². The number of halogens is 1. The zero-order chi connectivity index (χ0) is 20.8. The first kappa shape index (κ1) is 20.0. The molecule has 1 aliphatic rings. The smallest absolute Gasteiger partial charge is 0.264 e. The quantitative estimate of drug-likeness (QED) is 0.527. The van der Waals surface area contributed by atoms with Gasteiger partial charge < -0.3 is 4.74 Å². The fourth-order valence-corrected chi connectivity index (χ4v) is 4.80. The Labute approximate surface area is 170 Å². The van der Waals surface area contributed by atoms with Gasteiger partial charge in [0.15, 0.2) is 4.96 Å². The Morgan fingerprint density at radius 2 is 2.03 bits per heavy atom. The van der Waals surface area contributed by atoms with Crippen molar-refractivity contribution < 1.29 is 21.7 Å². The van der Waals surface area contributed by atoms with Crippen molar-refractivity contribution in [3.05, 3.63) is 62.8 Å². The zero-order valence-corrected chi connectivity index (χ0v) is 17.4. The topological polar surface area (TPSA) is 87.0 Å². The molecule has 1 aliphatic carbocycles. The molecule has 0 amide bonds. The maximum atomic E-state index is 13.0. The molecule has 2 atom stereocenters. The highest BCUT2D eigenvalue weighted by molar-refractivity contribution is 7.85. The van der Waals surface area contributed by atoms with Gasteiger partial charge in [-0.1, -0.05) is 0 Å². The average Bonchev–Trinajstić information content (AvgIpc) is 3.33. The van der Waals surface area contributed by atoms with Gasteiger partial charge in [0, 0.05) is 22.6 Å². The molecule has 0 saturated heterocycles. The monoisotopic (exact) mass is 438 g/mol. The van der Waals surface area contributed by atoms with Crippen molar-refractivity contribution in [3.8, 4) is 5.75 Å². The minimum Gasteiger partial charge on any atom is -0.487 e. The van der Waals surface area contributed by atoms with Crippen LogP contribution in [0.4, 0.5) is 4.39 Å². The molecule has 2 aromatic heterocycles. The fourth-order valence-electron chi connectivity index (χ4n) is 3.31. The summed E-state index contributed by atoms with van der Waals surface area (Å²) >= 11 is 1.41. The average molecular weight is 439 g/mol. The normalized spacial score (nSPS) is 18.9. The minimum atomic E-state index is -3.48. The summed E-state index contributed by atoms with van der Waals surface area (Å²) < 4.78 is 47.4. The van der Waals surface area contributed by atoms with Gasteiger partial charge in [0.25, 0.3) is 15.7 Å². The predicted octanol–water partition coefficient (Wildman–Crippen LogP) is 2.86. The van der Waals surface area contributed by atoms with Crippen molar-refractivity contribution in [1.82, 2.24) is 9.38 Å². The van der Waals surface area contributed by atoms with Crippen LogP contribution in [0, 0.1) is 18.7 Å². The van der Waals surface area contributed by atoms with Crippen LogP contribution >= 0.6 is 11.3 Å². The summed E-state index contributed by atoms with van der Waals surface area (Å²) in [7, 11) is -3.48. The Hall–Kier alpha value is -2.30. The van der Waals surface area contributed by atoms with Crippen LogP contribution in [0.1, 0.15) is 28.6 Å². The van der Waals surface area contributed by atoms with Crippen LogP contribution in [-0.2, 0) is 20.9 Å². The molecule has 0 aliphatic heterocycles. The Morgan fingerprint density at radius 3 is 2.72 bits per heavy atom. The molecule has 0 radical (unpaired) electrons. The first-order chi connectivity index (χ1) is 13.7. The van der Waals surface area contributed by atoms with E-state index in [0.717, 1.165) is 23.2 Å². The molecule has 154 valence electrons. The Balaban J connectivity index is 1.54. The van der Waals surface area contributed by atoms with Crippen LogP contribution in [0.25, 0.3) is 4.96 Å². The van der Waals surface area contributed by atoms with E-state index >= 15 is 0 Å². The Morgan fingerprint density at radius 1 is 1.31 bits per heavy atom. The molecular weight excluding hydrogens is 419 g/mol. The van der Waals surface area contributed by atoms with Crippen molar-refractivity contribution in [2.24, 2.45) is 5.92 Å². The number of thiazole rings is 1. The number of hydrogen-bond donors (Lipinski definition) is 0.